The maximum Gasteiger partial charge on any atom is 0.264 e. The third kappa shape index (κ3) is 8.42. The minimum Gasteiger partial charge on any atom is -0.371 e. The fraction of sp³-hybridized carbons (Fsp3) is 0.536. The van der Waals surface area contributed by atoms with Gasteiger partial charge in [0.25, 0.3) is 6.43 Å². The number of rotatable bonds is 8. The monoisotopic (exact) mass is 982 g/mol. The number of nitrogens with zero attached hydrogens (tertiary/aromatic N) is 11. The fourth-order valence-electron chi connectivity index (χ4n) is 14.0. The van der Waals surface area contributed by atoms with Crippen molar-refractivity contribution in [1.82, 2.24) is 29.4 Å². The molecule has 5 fully saturated rings. The van der Waals surface area contributed by atoms with Crippen LogP contribution in [0.3, 0.4) is 0 Å². The predicted octanol–water partition coefficient (Wildman–Crippen LogP) is 10.3. The van der Waals surface area contributed by atoms with Crippen LogP contribution in [0.4, 0.5) is 37.3 Å². The highest BCUT2D eigenvalue weighted by Crippen LogP contribution is 2.58. The summed E-state index contributed by atoms with van der Waals surface area (Å²) < 4.78 is 33.6. The quantitative estimate of drug-likeness (QED) is 0.151. The number of benzene rings is 3. The molecule has 372 valence electrons. The van der Waals surface area contributed by atoms with Gasteiger partial charge in [-0.25, -0.2) is 8.78 Å². The zero-order valence-electron chi connectivity index (χ0n) is 41.5. The average Bonchev–Trinajstić information content (AvgIpc) is 3.61. The zero-order valence-corrected chi connectivity index (χ0v) is 42.2. The van der Waals surface area contributed by atoms with Gasteiger partial charge in [0, 0.05) is 143 Å². The highest BCUT2D eigenvalue weighted by molar-refractivity contribution is 6.32. The molecule has 6 aliphatic heterocycles. The van der Waals surface area contributed by atoms with Gasteiger partial charge in [-0.1, -0.05) is 11.6 Å². The van der Waals surface area contributed by atoms with E-state index in [1.807, 2.05) is 23.1 Å². The molecule has 71 heavy (non-hydrogen) atoms. The first kappa shape index (κ1) is 46.4. The van der Waals surface area contributed by atoms with Crippen molar-refractivity contribution in [1.29, 1.82) is 5.26 Å². The lowest BCUT2D eigenvalue weighted by molar-refractivity contribution is -0.129. The summed E-state index contributed by atoms with van der Waals surface area (Å²) in [5, 5.41) is 19.6. The summed E-state index contributed by atoms with van der Waals surface area (Å²) in [6.07, 6.45) is 12.6. The van der Waals surface area contributed by atoms with E-state index in [0.717, 1.165) is 106 Å². The normalized spacial score (nSPS) is 23.2. The Bertz CT molecular complexity index is 2870. The van der Waals surface area contributed by atoms with Gasteiger partial charge in [0.05, 0.1) is 29.4 Å². The Morgan fingerprint density at radius 1 is 0.873 bits per heavy atom. The highest BCUT2D eigenvalue weighted by atomic mass is 35.5. The molecule has 1 aliphatic carbocycles. The van der Waals surface area contributed by atoms with Crippen molar-refractivity contribution < 1.29 is 13.6 Å². The third-order valence-electron chi connectivity index (χ3n) is 18.2. The maximum atomic E-state index is 14.8. The number of hydrogen-bond donors (Lipinski definition) is 0. The number of nitriles is 1. The fourth-order valence-corrected chi connectivity index (χ4v) is 14.2. The molecular weight excluding hydrogens is 916 g/mol. The smallest absolute Gasteiger partial charge is 0.264 e. The minimum absolute atomic E-state index is 0.0101. The summed E-state index contributed by atoms with van der Waals surface area (Å²) in [6.45, 7) is 13.3. The molecule has 0 radical (unpaired) electrons. The van der Waals surface area contributed by atoms with E-state index in [4.69, 9.17) is 16.7 Å². The van der Waals surface area contributed by atoms with E-state index < -0.39 is 6.43 Å². The van der Waals surface area contributed by atoms with Gasteiger partial charge >= 0.3 is 0 Å². The number of amides is 1. The number of halogens is 3. The zero-order chi connectivity index (χ0) is 48.8. The van der Waals surface area contributed by atoms with Gasteiger partial charge in [0.15, 0.2) is 5.82 Å². The molecule has 0 bridgehead atoms. The molecule has 5 aromatic rings. The molecule has 1 amide bonds. The standard InChI is InChI=1S/C56H66ClF2N11O/c1-37-30-55(36-69(37)45-7-6-40(32-60)49(57)28-45)15-23-64(24-16-55)42-8-10-43(11-9-42)65-25-17-56(18-26-65)31-52(56)66-20-12-44(13-21-66)70-50-14-22-67(38(2)71)35-48(50)54(62-70)68-19-4-5-39-27-46(41-33-61-63(3)34-41)47(53(58)59)29-51(39)68/h6-11,27-29,33-34,37,44,52-53H,4-5,12-26,30-31,35-36H2,1-3H3/t37-,52?/m0/s1. The third-order valence-corrected chi connectivity index (χ3v) is 18.5. The Hall–Kier alpha value is -5.65. The largest absolute Gasteiger partial charge is 0.371 e. The molecule has 15 heteroatoms. The summed E-state index contributed by atoms with van der Waals surface area (Å²) in [5.74, 6) is 0.874. The number of aryl methyl sites for hydroxylation is 2. The van der Waals surface area contributed by atoms with Crippen LogP contribution in [0.5, 0.6) is 0 Å². The van der Waals surface area contributed by atoms with E-state index >= 15 is 0 Å². The Morgan fingerprint density at radius 3 is 2.23 bits per heavy atom. The highest BCUT2D eigenvalue weighted by Gasteiger charge is 2.57. The van der Waals surface area contributed by atoms with Crippen LogP contribution in [-0.2, 0) is 31.2 Å². The van der Waals surface area contributed by atoms with Crippen molar-refractivity contribution in [3.8, 4) is 17.2 Å². The van der Waals surface area contributed by atoms with Gasteiger partial charge < -0.3 is 24.5 Å². The predicted molar refractivity (Wildman–Crippen MR) is 276 cm³/mol. The van der Waals surface area contributed by atoms with Crippen LogP contribution in [0, 0.1) is 22.2 Å². The lowest BCUT2D eigenvalue weighted by atomic mass is 9.76. The molecule has 0 N–H and O–H groups in total. The summed E-state index contributed by atoms with van der Waals surface area (Å²) in [4.78, 5) is 27.3. The number of hydrogen-bond acceptors (Lipinski definition) is 9. The van der Waals surface area contributed by atoms with Gasteiger partial charge in [-0.3, -0.25) is 19.1 Å². The van der Waals surface area contributed by atoms with E-state index in [0.29, 0.717) is 64.3 Å². The summed E-state index contributed by atoms with van der Waals surface area (Å²) in [6, 6.07) is 22.4. The van der Waals surface area contributed by atoms with E-state index in [-0.39, 0.29) is 17.5 Å². The van der Waals surface area contributed by atoms with Gasteiger partial charge in [0.2, 0.25) is 5.91 Å². The van der Waals surface area contributed by atoms with Crippen LogP contribution in [0.2, 0.25) is 5.02 Å². The number of likely N-dealkylation sites (tertiary alicyclic amines) is 1. The number of fused-ring (bicyclic) bond motifs is 2. The van der Waals surface area contributed by atoms with E-state index in [1.54, 1.807) is 37.1 Å². The lowest BCUT2D eigenvalue weighted by Gasteiger charge is -2.41. The van der Waals surface area contributed by atoms with E-state index in [9.17, 15) is 18.8 Å². The molecule has 1 unspecified atom stereocenters. The van der Waals surface area contributed by atoms with Gasteiger partial charge in [-0.05, 0) is 148 Å². The summed E-state index contributed by atoms with van der Waals surface area (Å²) in [5.41, 5.74) is 10.4. The number of carbonyl (C=O) groups is 1. The molecule has 2 aromatic heterocycles. The molecule has 7 aliphatic rings. The van der Waals surface area contributed by atoms with Crippen molar-refractivity contribution >= 4 is 46.1 Å². The van der Waals surface area contributed by atoms with Crippen molar-refractivity contribution in [3.63, 3.8) is 0 Å². The summed E-state index contributed by atoms with van der Waals surface area (Å²) in [7, 11) is 1.81. The van der Waals surface area contributed by atoms with Crippen LogP contribution in [0.25, 0.3) is 11.1 Å². The molecule has 2 spiro atoms. The van der Waals surface area contributed by atoms with Crippen molar-refractivity contribution in [2.24, 2.45) is 17.9 Å². The van der Waals surface area contributed by atoms with Crippen molar-refractivity contribution in [2.75, 3.05) is 78.5 Å². The average molecular weight is 983 g/mol. The molecule has 4 saturated heterocycles. The van der Waals surface area contributed by atoms with Crippen LogP contribution < -0.4 is 19.6 Å². The van der Waals surface area contributed by atoms with Gasteiger partial charge in [-0.15, -0.1) is 0 Å². The number of aromatic nitrogens is 4. The molecule has 3 aromatic carbocycles. The first-order chi connectivity index (χ1) is 34.4. The second-order valence-electron chi connectivity index (χ2n) is 22.2. The molecule has 12 nitrogen and oxygen atoms in total. The molecular formula is C56H66ClF2N11O. The minimum atomic E-state index is -2.64. The molecule has 12 rings (SSSR count). The first-order valence-corrected chi connectivity index (χ1v) is 26.6. The van der Waals surface area contributed by atoms with E-state index in [2.05, 4.69) is 77.6 Å². The number of alkyl halides is 2. The number of piperidine rings is 3. The Kier molecular flexibility index (Phi) is 11.9. The number of carbonyl (C=O) groups excluding carboxylic acids is 1. The molecule has 1 saturated carbocycles. The Balaban J connectivity index is 0.669. The van der Waals surface area contributed by atoms with Crippen LogP contribution in [0.15, 0.2) is 67.0 Å². The van der Waals surface area contributed by atoms with Crippen molar-refractivity contribution in [3.05, 3.63) is 100.0 Å². The topological polar surface area (TPSA) is 95.9 Å². The summed E-state index contributed by atoms with van der Waals surface area (Å²) >= 11 is 6.44. The molecule has 8 heterocycles. The number of anilines is 5. The van der Waals surface area contributed by atoms with Crippen LogP contribution in [0.1, 0.15) is 112 Å². The van der Waals surface area contributed by atoms with E-state index in [1.165, 1.54) is 55.6 Å². The van der Waals surface area contributed by atoms with Gasteiger partial charge in [-0.2, -0.15) is 15.5 Å². The SMILES string of the molecule is CC(=O)N1CCc2c(c(N3CCCc4cc(-c5cnn(C)c5)c(C(F)F)cc43)nn2C2CCN(C3CC34CCN(c3ccc(N5CCC6(CC5)C[C@H](C)N(c5ccc(C#N)c(Cl)c5)C6)cc3)CC4)CC2)C1. The second kappa shape index (κ2) is 18.1. The maximum absolute atomic E-state index is 14.8. The van der Waals surface area contributed by atoms with Crippen molar-refractivity contribution in [2.45, 2.75) is 116 Å². The molecule has 2 atom stereocenters. The van der Waals surface area contributed by atoms with Gasteiger partial charge in [0.1, 0.15) is 6.07 Å². The Morgan fingerprint density at radius 2 is 1.58 bits per heavy atom. The Labute approximate surface area is 421 Å². The van der Waals surface area contributed by atoms with Crippen LogP contribution in [-0.4, -0.2) is 106 Å². The second-order valence-corrected chi connectivity index (χ2v) is 22.6. The van der Waals surface area contributed by atoms with Crippen LogP contribution >= 0.6 is 11.6 Å². The first-order valence-electron chi connectivity index (χ1n) is 26.3. The lowest BCUT2D eigenvalue weighted by Crippen LogP contribution is -2.42.